The van der Waals surface area contributed by atoms with Gasteiger partial charge in [0.25, 0.3) is 0 Å². The quantitative estimate of drug-likeness (QED) is 0.461. The van der Waals surface area contributed by atoms with Gasteiger partial charge in [0.2, 0.25) is 0 Å². The Kier molecular flexibility index (Phi) is 5.33. The lowest BCUT2D eigenvalue weighted by atomic mass is 9.90. The SMILES string of the molecule is Cc1ccc2cccc(N[C@@H]3CCCC[C@H]3NCc3ccc4ccccc4n3)c2n1. The van der Waals surface area contributed by atoms with Crippen molar-refractivity contribution in [3.05, 3.63) is 78.1 Å². The third kappa shape index (κ3) is 4.01. The van der Waals surface area contributed by atoms with Gasteiger partial charge < -0.3 is 10.6 Å². The minimum absolute atomic E-state index is 0.395. The second-order valence-corrected chi connectivity index (χ2v) is 8.35. The van der Waals surface area contributed by atoms with Crippen LogP contribution >= 0.6 is 0 Å². The Morgan fingerprint density at radius 2 is 1.60 bits per heavy atom. The first-order valence-electron chi connectivity index (χ1n) is 11.0. The smallest absolute Gasteiger partial charge is 0.0936 e. The average Bonchev–Trinajstić information content (AvgIpc) is 2.79. The van der Waals surface area contributed by atoms with Crippen molar-refractivity contribution < 1.29 is 0 Å². The minimum atomic E-state index is 0.395. The van der Waals surface area contributed by atoms with Crippen LogP contribution in [0.2, 0.25) is 0 Å². The summed E-state index contributed by atoms with van der Waals surface area (Å²) in [4.78, 5) is 9.62. The van der Waals surface area contributed by atoms with Gasteiger partial charge in [0.05, 0.1) is 22.4 Å². The van der Waals surface area contributed by atoms with E-state index in [9.17, 15) is 0 Å². The molecule has 0 radical (unpaired) electrons. The van der Waals surface area contributed by atoms with Crippen molar-refractivity contribution in [2.24, 2.45) is 0 Å². The van der Waals surface area contributed by atoms with Crippen LogP contribution in [-0.2, 0) is 6.54 Å². The molecule has 2 heterocycles. The van der Waals surface area contributed by atoms with E-state index in [-0.39, 0.29) is 0 Å². The molecule has 1 saturated carbocycles. The highest BCUT2D eigenvalue weighted by atomic mass is 15.0. The fraction of sp³-hybridized carbons (Fsp3) is 0.308. The van der Waals surface area contributed by atoms with Crippen LogP contribution in [0.15, 0.2) is 66.7 Å². The number of nitrogens with one attached hydrogen (secondary N) is 2. The molecule has 1 aliphatic rings. The van der Waals surface area contributed by atoms with Gasteiger partial charge in [-0.2, -0.15) is 0 Å². The molecule has 2 aromatic carbocycles. The van der Waals surface area contributed by atoms with Crippen LogP contribution in [0.5, 0.6) is 0 Å². The van der Waals surface area contributed by atoms with Crippen LogP contribution in [-0.4, -0.2) is 22.1 Å². The molecule has 0 bridgehead atoms. The molecule has 1 aliphatic carbocycles. The molecule has 0 amide bonds. The molecule has 30 heavy (non-hydrogen) atoms. The van der Waals surface area contributed by atoms with Gasteiger partial charge in [-0.3, -0.25) is 9.97 Å². The first kappa shape index (κ1) is 19.0. The Bertz CT molecular complexity index is 1170. The fourth-order valence-corrected chi connectivity index (χ4v) is 4.55. The Labute approximate surface area is 177 Å². The summed E-state index contributed by atoms with van der Waals surface area (Å²) in [6.45, 7) is 2.85. The van der Waals surface area contributed by atoms with Crippen molar-refractivity contribution >= 4 is 27.5 Å². The van der Waals surface area contributed by atoms with E-state index in [1.165, 1.54) is 36.5 Å². The predicted molar refractivity (Wildman–Crippen MR) is 125 cm³/mol. The van der Waals surface area contributed by atoms with Crippen LogP contribution < -0.4 is 10.6 Å². The zero-order chi connectivity index (χ0) is 20.3. The topological polar surface area (TPSA) is 49.8 Å². The first-order chi connectivity index (χ1) is 14.8. The van der Waals surface area contributed by atoms with E-state index in [0.717, 1.165) is 34.7 Å². The monoisotopic (exact) mass is 396 g/mol. The van der Waals surface area contributed by atoms with Gasteiger partial charge >= 0.3 is 0 Å². The fourth-order valence-electron chi connectivity index (χ4n) is 4.55. The highest BCUT2D eigenvalue weighted by Gasteiger charge is 2.25. The van der Waals surface area contributed by atoms with Gasteiger partial charge in [0, 0.05) is 35.1 Å². The van der Waals surface area contributed by atoms with E-state index >= 15 is 0 Å². The van der Waals surface area contributed by atoms with E-state index in [1.54, 1.807) is 0 Å². The molecule has 0 unspecified atom stereocenters. The Morgan fingerprint density at radius 3 is 2.53 bits per heavy atom. The summed E-state index contributed by atoms with van der Waals surface area (Å²) in [5.41, 5.74) is 5.42. The van der Waals surface area contributed by atoms with Crippen molar-refractivity contribution in [1.29, 1.82) is 0 Å². The average molecular weight is 397 g/mol. The van der Waals surface area contributed by atoms with Crippen LogP contribution in [0.3, 0.4) is 0 Å². The minimum Gasteiger partial charge on any atom is -0.379 e. The first-order valence-corrected chi connectivity index (χ1v) is 11.0. The maximum Gasteiger partial charge on any atom is 0.0936 e. The number of fused-ring (bicyclic) bond motifs is 2. The molecule has 0 saturated heterocycles. The van der Waals surface area contributed by atoms with Crippen LogP contribution in [0, 0.1) is 6.92 Å². The molecule has 2 atom stereocenters. The molecule has 0 spiro atoms. The zero-order valence-electron chi connectivity index (χ0n) is 17.4. The number of hydrogen-bond acceptors (Lipinski definition) is 4. The highest BCUT2D eigenvalue weighted by molar-refractivity contribution is 5.90. The number of benzene rings is 2. The number of pyridine rings is 2. The number of hydrogen-bond donors (Lipinski definition) is 2. The highest BCUT2D eigenvalue weighted by Crippen LogP contribution is 2.27. The Hall–Kier alpha value is -2.98. The summed E-state index contributed by atoms with van der Waals surface area (Å²) < 4.78 is 0. The van der Waals surface area contributed by atoms with Crippen LogP contribution in [0.4, 0.5) is 5.69 Å². The molecular weight excluding hydrogens is 368 g/mol. The Balaban J connectivity index is 1.33. The van der Waals surface area contributed by atoms with Gasteiger partial charge in [0.1, 0.15) is 0 Å². The number of para-hydroxylation sites is 2. The van der Waals surface area contributed by atoms with E-state index in [1.807, 2.05) is 6.07 Å². The van der Waals surface area contributed by atoms with Crippen molar-refractivity contribution in [2.75, 3.05) is 5.32 Å². The van der Waals surface area contributed by atoms with Gasteiger partial charge in [-0.05, 0) is 44.0 Å². The molecule has 4 heteroatoms. The number of nitrogens with zero attached hydrogens (tertiary/aromatic N) is 2. The zero-order valence-corrected chi connectivity index (χ0v) is 17.4. The number of anilines is 1. The van der Waals surface area contributed by atoms with Crippen LogP contribution in [0.1, 0.15) is 37.1 Å². The largest absolute Gasteiger partial charge is 0.379 e. The van der Waals surface area contributed by atoms with Crippen LogP contribution in [0.25, 0.3) is 21.8 Å². The van der Waals surface area contributed by atoms with Crippen molar-refractivity contribution in [3.63, 3.8) is 0 Å². The van der Waals surface area contributed by atoms with Gasteiger partial charge in [0.15, 0.2) is 0 Å². The summed E-state index contributed by atoms with van der Waals surface area (Å²) in [5.74, 6) is 0. The maximum absolute atomic E-state index is 4.83. The third-order valence-electron chi connectivity index (χ3n) is 6.17. The lowest BCUT2D eigenvalue weighted by Gasteiger charge is -2.34. The maximum atomic E-state index is 4.83. The molecule has 4 nitrogen and oxygen atoms in total. The number of aryl methyl sites for hydroxylation is 1. The van der Waals surface area contributed by atoms with Crippen molar-refractivity contribution in [2.45, 2.75) is 51.2 Å². The van der Waals surface area contributed by atoms with E-state index in [0.29, 0.717) is 12.1 Å². The summed E-state index contributed by atoms with van der Waals surface area (Å²) in [6.07, 6.45) is 4.89. The summed E-state index contributed by atoms with van der Waals surface area (Å²) in [7, 11) is 0. The van der Waals surface area contributed by atoms with Crippen molar-refractivity contribution in [3.8, 4) is 0 Å². The molecular formula is C26H28N4. The van der Waals surface area contributed by atoms with Gasteiger partial charge in [-0.25, -0.2) is 0 Å². The predicted octanol–water partition coefficient (Wildman–Crippen LogP) is 5.60. The van der Waals surface area contributed by atoms with Gasteiger partial charge in [-0.15, -0.1) is 0 Å². The summed E-state index contributed by atoms with van der Waals surface area (Å²) in [5, 5.41) is 9.99. The molecule has 2 aromatic heterocycles. The number of rotatable bonds is 5. The third-order valence-corrected chi connectivity index (χ3v) is 6.17. The molecule has 5 rings (SSSR count). The lowest BCUT2D eigenvalue weighted by Crippen LogP contribution is -2.46. The second kappa shape index (κ2) is 8.41. The summed E-state index contributed by atoms with van der Waals surface area (Å²) in [6, 6.07) is 24.1. The second-order valence-electron chi connectivity index (χ2n) is 8.35. The molecule has 152 valence electrons. The van der Waals surface area contributed by atoms with E-state index < -0.39 is 0 Å². The molecule has 2 N–H and O–H groups in total. The van der Waals surface area contributed by atoms with Gasteiger partial charge in [-0.1, -0.05) is 55.3 Å². The van der Waals surface area contributed by atoms with E-state index in [4.69, 9.17) is 9.97 Å². The van der Waals surface area contributed by atoms with Crippen molar-refractivity contribution in [1.82, 2.24) is 15.3 Å². The standard InChI is InChI=1S/C26H28N4/c1-18-13-14-20-8-6-12-25(26(20)28-18)30-24-11-5-4-10-23(24)27-17-21-16-15-19-7-2-3-9-22(19)29-21/h2-3,6-9,12-16,23-24,27,30H,4-5,10-11,17H2,1H3/t23-,24-/m1/s1. The molecule has 1 fully saturated rings. The molecule has 4 aromatic rings. The number of aromatic nitrogens is 2. The lowest BCUT2D eigenvalue weighted by molar-refractivity contribution is 0.341. The Morgan fingerprint density at radius 1 is 0.800 bits per heavy atom. The van der Waals surface area contributed by atoms with E-state index in [2.05, 4.69) is 78.2 Å². The normalized spacial score (nSPS) is 19.2. The summed E-state index contributed by atoms with van der Waals surface area (Å²) >= 11 is 0. The molecule has 0 aliphatic heterocycles.